The summed E-state index contributed by atoms with van der Waals surface area (Å²) in [5, 5.41) is 11.8. The molecule has 22 heavy (non-hydrogen) atoms. The van der Waals surface area contributed by atoms with Gasteiger partial charge in [-0.05, 0) is 55.7 Å². The molecular formula is C17H26N2O2S. The number of rotatable bonds is 4. The first-order valence-corrected chi connectivity index (χ1v) is 9.24. The number of thiophene rings is 1. The van der Waals surface area contributed by atoms with Gasteiger partial charge in [0.1, 0.15) is 0 Å². The lowest BCUT2D eigenvalue weighted by Gasteiger charge is -2.36. The van der Waals surface area contributed by atoms with Gasteiger partial charge in [-0.2, -0.15) is 0 Å². The Hall–Kier alpha value is -0.910. The van der Waals surface area contributed by atoms with Crippen LogP contribution in [0.2, 0.25) is 0 Å². The van der Waals surface area contributed by atoms with Crippen LogP contribution in [0.25, 0.3) is 0 Å². The molecule has 0 spiro atoms. The summed E-state index contributed by atoms with van der Waals surface area (Å²) in [5.74, 6) is 0.564. The third-order valence-corrected chi connectivity index (χ3v) is 6.15. The van der Waals surface area contributed by atoms with Crippen molar-refractivity contribution in [3.8, 4) is 0 Å². The Balaban J connectivity index is 1.63. The molecule has 3 unspecified atom stereocenters. The van der Waals surface area contributed by atoms with E-state index < -0.39 is 0 Å². The lowest BCUT2D eigenvalue weighted by Crippen LogP contribution is -2.44. The van der Waals surface area contributed by atoms with Crippen LogP contribution >= 0.6 is 11.3 Å². The lowest BCUT2D eigenvalue weighted by molar-refractivity contribution is -0.135. The summed E-state index contributed by atoms with van der Waals surface area (Å²) in [6.45, 7) is 7.13. The van der Waals surface area contributed by atoms with Crippen LogP contribution in [0.5, 0.6) is 0 Å². The molecule has 3 atom stereocenters. The highest BCUT2D eigenvalue weighted by Gasteiger charge is 2.33. The summed E-state index contributed by atoms with van der Waals surface area (Å²) < 4.78 is 0. The van der Waals surface area contributed by atoms with Gasteiger partial charge in [0, 0.05) is 18.0 Å². The minimum atomic E-state index is -0.271. The van der Waals surface area contributed by atoms with Crippen LogP contribution in [-0.4, -0.2) is 53.1 Å². The molecule has 122 valence electrons. The normalized spacial score (nSPS) is 27.0. The molecule has 1 saturated heterocycles. The van der Waals surface area contributed by atoms with E-state index in [1.165, 1.54) is 10.4 Å². The summed E-state index contributed by atoms with van der Waals surface area (Å²) in [6, 6.07) is 2.44. The van der Waals surface area contributed by atoms with E-state index in [0.717, 1.165) is 38.9 Å². The lowest BCUT2D eigenvalue weighted by atomic mass is 9.97. The van der Waals surface area contributed by atoms with Gasteiger partial charge in [0.25, 0.3) is 0 Å². The number of hydrogen-bond donors (Lipinski definition) is 1. The number of aliphatic hydroxyl groups excluding tert-OH is 1. The molecule has 2 aliphatic rings. The average molecular weight is 322 g/mol. The standard InChI is InChI=1S/C17H26N2O2S/c1-3-15-14-6-9-22-16(14)5-8-19(15)17(21)11-18-7-4-13(10-18)12(2)20/h6,9,12-13,15,20H,3-5,7-8,10-11H2,1-2H3. The van der Waals surface area contributed by atoms with Gasteiger partial charge in [0.15, 0.2) is 0 Å². The molecule has 1 fully saturated rings. The van der Waals surface area contributed by atoms with Crippen LogP contribution in [0.15, 0.2) is 11.4 Å². The number of carbonyl (C=O) groups excluding carboxylic acids is 1. The Morgan fingerprint density at radius 1 is 1.50 bits per heavy atom. The van der Waals surface area contributed by atoms with E-state index in [1.807, 2.05) is 18.3 Å². The number of carbonyl (C=O) groups is 1. The van der Waals surface area contributed by atoms with Gasteiger partial charge in [-0.15, -0.1) is 11.3 Å². The van der Waals surface area contributed by atoms with Crippen LogP contribution in [0.4, 0.5) is 0 Å². The van der Waals surface area contributed by atoms with Crippen molar-refractivity contribution >= 4 is 17.2 Å². The molecule has 2 aliphatic heterocycles. The van der Waals surface area contributed by atoms with Gasteiger partial charge in [-0.3, -0.25) is 9.69 Å². The van der Waals surface area contributed by atoms with Gasteiger partial charge >= 0.3 is 0 Å². The summed E-state index contributed by atoms with van der Waals surface area (Å²) in [5.41, 5.74) is 1.36. The molecule has 0 aromatic carbocycles. The minimum Gasteiger partial charge on any atom is -0.393 e. The molecule has 1 N–H and O–H groups in total. The number of likely N-dealkylation sites (tertiary alicyclic amines) is 1. The molecule has 3 heterocycles. The first-order valence-electron chi connectivity index (χ1n) is 8.36. The molecule has 1 amide bonds. The van der Waals surface area contributed by atoms with Crippen molar-refractivity contribution in [2.24, 2.45) is 5.92 Å². The first-order chi connectivity index (χ1) is 10.6. The highest BCUT2D eigenvalue weighted by Crippen LogP contribution is 2.35. The van der Waals surface area contributed by atoms with Gasteiger partial charge in [-0.1, -0.05) is 6.92 Å². The molecule has 0 bridgehead atoms. The van der Waals surface area contributed by atoms with Crippen molar-refractivity contribution in [1.82, 2.24) is 9.80 Å². The number of hydrogen-bond acceptors (Lipinski definition) is 4. The number of amides is 1. The fourth-order valence-electron chi connectivity index (χ4n) is 3.82. The van der Waals surface area contributed by atoms with Crippen molar-refractivity contribution in [1.29, 1.82) is 0 Å². The number of fused-ring (bicyclic) bond motifs is 1. The minimum absolute atomic E-state index is 0.245. The van der Waals surface area contributed by atoms with E-state index in [2.05, 4.69) is 28.2 Å². The zero-order valence-corrected chi connectivity index (χ0v) is 14.3. The first kappa shape index (κ1) is 16.0. The van der Waals surface area contributed by atoms with Crippen molar-refractivity contribution in [2.45, 2.75) is 45.3 Å². The zero-order chi connectivity index (χ0) is 15.7. The summed E-state index contributed by atoms with van der Waals surface area (Å²) in [4.78, 5) is 18.5. The fraction of sp³-hybridized carbons (Fsp3) is 0.706. The van der Waals surface area contributed by atoms with E-state index >= 15 is 0 Å². The van der Waals surface area contributed by atoms with Gasteiger partial charge in [0.2, 0.25) is 5.91 Å². The highest BCUT2D eigenvalue weighted by atomic mass is 32.1. The van der Waals surface area contributed by atoms with E-state index in [-0.39, 0.29) is 18.1 Å². The third kappa shape index (κ3) is 3.07. The maximum absolute atomic E-state index is 12.8. The molecule has 1 aromatic rings. The van der Waals surface area contributed by atoms with Gasteiger partial charge in [-0.25, -0.2) is 0 Å². The zero-order valence-electron chi connectivity index (χ0n) is 13.5. The summed E-state index contributed by atoms with van der Waals surface area (Å²) >= 11 is 1.82. The Morgan fingerprint density at radius 2 is 2.32 bits per heavy atom. The van der Waals surface area contributed by atoms with Crippen molar-refractivity contribution < 1.29 is 9.90 Å². The van der Waals surface area contributed by atoms with Crippen molar-refractivity contribution in [3.05, 3.63) is 21.9 Å². The SMILES string of the molecule is CCC1c2ccsc2CCN1C(=O)CN1CCC(C(C)O)C1. The van der Waals surface area contributed by atoms with Crippen LogP contribution in [0.1, 0.15) is 43.2 Å². The van der Waals surface area contributed by atoms with Gasteiger partial charge < -0.3 is 10.0 Å². The third-order valence-electron chi connectivity index (χ3n) is 5.15. The largest absolute Gasteiger partial charge is 0.393 e. The summed E-state index contributed by atoms with van der Waals surface area (Å²) in [7, 11) is 0. The maximum atomic E-state index is 12.8. The molecule has 0 radical (unpaired) electrons. The Bertz CT molecular complexity index is 528. The molecule has 1 aromatic heterocycles. The van der Waals surface area contributed by atoms with E-state index in [1.54, 1.807) is 0 Å². The predicted octanol–water partition coefficient (Wildman–Crippen LogP) is 2.29. The van der Waals surface area contributed by atoms with E-state index in [9.17, 15) is 9.90 Å². The highest BCUT2D eigenvalue weighted by molar-refractivity contribution is 7.10. The topological polar surface area (TPSA) is 43.8 Å². The molecule has 0 aliphatic carbocycles. The Labute approximate surface area is 136 Å². The average Bonchev–Trinajstić information content (AvgIpc) is 3.14. The van der Waals surface area contributed by atoms with Crippen molar-refractivity contribution in [3.63, 3.8) is 0 Å². The summed E-state index contributed by atoms with van der Waals surface area (Å²) in [6.07, 6.45) is 2.69. The molecule has 5 heteroatoms. The maximum Gasteiger partial charge on any atom is 0.237 e. The van der Waals surface area contributed by atoms with Gasteiger partial charge in [0.05, 0.1) is 18.7 Å². The second-order valence-corrected chi connectivity index (χ2v) is 7.59. The van der Waals surface area contributed by atoms with Crippen LogP contribution < -0.4 is 0 Å². The second kappa shape index (κ2) is 6.69. The van der Waals surface area contributed by atoms with E-state index in [4.69, 9.17) is 0 Å². The van der Waals surface area contributed by atoms with Crippen LogP contribution in [0.3, 0.4) is 0 Å². The smallest absolute Gasteiger partial charge is 0.237 e. The number of nitrogens with zero attached hydrogens (tertiary/aromatic N) is 2. The van der Waals surface area contributed by atoms with E-state index in [0.29, 0.717) is 12.5 Å². The van der Waals surface area contributed by atoms with Crippen LogP contribution in [-0.2, 0) is 11.2 Å². The number of aliphatic hydroxyl groups is 1. The fourth-order valence-corrected chi connectivity index (χ4v) is 4.75. The molecular weight excluding hydrogens is 296 g/mol. The van der Waals surface area contributed by atoms with Crippen LogP contribution in [0, 0.1) is 5.92 Å². The monoisotopic (exact) mass is 322 g/mol. The Kier molecular flexibility index (Phi) is 4.85. The molecule has 4 nitrogen and oxygen atoms in total. The second-order valence-electron chi connectivity index (χ2n) is 6.58. The molecule has 0 saturated carbocycles. The molecule has 3 rings (SSSR count). The Morgan fingerprint density at radius 3 is 3.00 bits per heavy atom. The quantitative estimate of drug-likeness (QED) is 0.925. The van der Waals surface area contributed by atoms with Crippen molar-refractivity contribution in [2.75, 3.05) is 26.2 Å². The predicted molar refractivity (Wildman–Crippen MR) is 89.0 cm³/mol.